The molecule has 0 spiro atoms. The zero-order valence-corrected chi connectivity index (χ0v) is 28.6. The van der Waals surface area contributed by atoms with E-state index < -0.39 is 24.1 Å². The highest BCUT2D eigenvalue weighted by Gasteiger charge is 2.76. The number of rotatable bonds is 12. The number of nitrogens with zero attached hydrogens (tertiary/aromatic N) is 3. The van der Waals surface area contributed by atoms with Gasteiger partial charge >= 0.3 is 24.1 Å². The number of hydrogen-bond donors (Lipinski definition) is 1. The van der Waals surface area contributed by atoms with Crippen LogP contribution in [0, 0.1) is 0 Å². The number of benzene rings is 6. The van der Waals surface area contributed by atoms with Gasteiger partial charge in [-0.15, -0.1) is 4.52 Å². The molecule has 0 amide bonds. The molecule has 0 saturated heterocycles. The van der Waals surface area contributed by atoms with Crippen LogP contribution in [0.1, 0.15) is 0 Å². The molecule has 2 atom stereocenters. The molecule has 0 aliphatic carbocycles. The molecule has 10 nitrogen and oxygen atoms in total. The average molecular weight is 711 g/mol. The van der Waals surface area contributed by atoms with Gasteiger partial charge < -0.3 is 23.2 Å². The van der Waals surface area contributed by atoms with Crippen LogP contribution in [0.15, 0.2) is 187 Å². The third kappa shape index (κ3) is 7.72. The SMILES string of the molecule is O[P+]1(Oc2ccccc2)N(Oc2ccccc2)P(Oc2ccccc2)N=P(Oc2ccccc2)(Oc2ccccc2)N1Oc1ccccc1. The van der Waals surface area contributed by atoms with E-state index in [1.54, 1.807) is 84.9 Å². The van der Waals surface area contributed by atoms with Crippen molar-refractivity contribution in [2.45, 2.75) is 0 Å². The second-order valence-electron chi connectivity index (χ2n) is 10.3. The van der Waals surface area contributed by atoms with Crippen molar-refractivity contribution < 1.29 is 32.7 Å². The number of hydrogen-bond acceptors (Lipinski definition) is 10. The van der Waals surface area contributed by atoms with E-state index in [1.807, 2.05) is 97.1 Å². The van der Waals surface area contributed by atoms with E-state index in [0.29, 0.717) is 34.5 Å². The van der Waals surface area contributed by atoms with Crippen molar-refractivity contribution in [2.75, 3.05) is 0 Å². The maximum absolute atomic E-state index is 13.3. The van der Waals surface area contributed by atoms with E-state index in [2.05, 4.69) is 0 Å². The smallest absolute Gasteiger partial charge is 0.435 e. The highest BCUT2D eigenvalue weighted by atomic mass is 31.3. The van der Waals surface area contributed by atoms with Crippen LogP contribution in [-0.2, 0) is 0 Å². The van der Waals surface area contributed by atoms with Gasteiger partial charge in [0.1, 0.15) is 17.2 Å². The summed E-state index contributed by atoms with van der Waals surface area (Å²) >= 11 is 0. The minimum Gasteiger partial charge on any atom is -0.435 e. The zero-order chi connectivity index (χ0) is 33.4. The van der Waals surface area contributed by atoms with Crippen LogP contribution in [0.5, 0.6) is 34.5 Å². The molecule has 0 fully saturated rings. The second-order valence-corrected chi connectivity index (χ2v) is 16.3. The average Bonchev–Trinajstić information content (AvgIpc) is 3.14. The van der Waals surface area contributed by atoms with Crippen LogP contribution in [-0.4, -0.2) is 14.1 Å². The Morgan fingerprint density at radius 3 is 1.29 bits per heavy atom. The molecule has 6 aromatic rings. The third-order valence-corrected chi connectivity index (χ3v) is 14.4. The molecule has 246 valence electrons. The Morgan fingerprint density at radius 2 is 0.837 bits per heavy atom. The van der Waals surface area contributed by atoms with Crippen LogP contribution < -0.4 is 27.8 Å². The fourth-order valence-electron chi connectivity index (χ4n) is 4.51. The van der Waals surface area contributed by atoms with Crippen LogP contribution >= 0.6 is 24.1 Å². The fourth-order valence-corrected chi connectivity index (χ4v) is 12.8. The van der Waals surface area contributed by atoms with Gasteiger partial charge in [-0.3, -0.25) is 4.52 Å². The zero-order valence-electron chi connectivity index (χ0n) is 25.9. The molecule has 1 aliphatic rings. The molecule has 6 aromatic carbocycles. The Kier molecular flexibility index (Phi) is 10.1. The summed E-state index contributed by atoms with van der Waals surface area (Å²) in [4.78, 5) is 26.5. The molecule has 0 saturated carbocycles. The fraction of sp³-hybridized carbons (Fsp3) is 0. The first-order chi connectivity index (χ1) is 24.1. The van der Waals surface area contributed by atoms with Gasteiger partial charge in [-0.05, 0) is 72.8 Å². The summed E-state index contributed by atoms with van der Waals surface area (Å²) in [6.45, 7) is 0. The molecule has 49 heavy (non-hydrogen) atoms. The monoisotopic (exact) mass is 710 g/mol. The second kappa shape index (κ2) is 15.1. The van der Waals surface area contributed by atoms with Crippen LogP contribution in [0.4, 0.5) is 0 Å². The summed E-state index contributed by atoms with van der Waals surface area (Å²) in [5.41, 5.74) is 0. The lowest BCUT2D eigenvalue weighted by Crippen LogP contribution is -2.43. The van der Waals surface area contributed by atoms with Crippen molar-refractivity contribution in [3.05, 3.63) is 182 Å². The summed E-state index contributed by atoms with van der Waals surface area (Å²) in [5, 5.41) is 0. The van der Waals surface area contributed by atoms with Gasteiger partial charge in [-0.25, -0.2) is 0 Å². The lowest BCUT2D eigenvalue weighted by atomic mass is 10.3. The molecule has 1 N–H and O–H groups in total. The quantitative estimate of drug-likeness (QED) is 0.125. The van der Waals surface area contributed by atoms with Crippen molar-refractivity contribution in [1.82, 2.24) is 9.21 Å². The lowest BCUT2D eigenvalue weighted by Gasteiger charge is -2.41. The van der Waals surface area contributed by atoms with E-state index in [0.717, 1.165) is 0 Å². The van der Waals surface area contributed by atoms with Gasteiger partial charge in [0.15, 0.2) is 26.5 Å². The molecule has 1 aliphatic heterocycles. The first-order valence-electron chi connectivity index (χ1n) is 15.2. The normalized spacial score (nSPS) is 18.8. The summed E-state index contributed by atoms with van der Waals surface area (Å²) in [7, 11) is -10.7. The maximum Gasteiger partial charge on any atom is 0.568 e. The summed E-state index contributed by atoms with van der Waals surface area (Å²) in [5.74, 6) is 2.39. The van der Waals surface area contributed by atoms with Crippen LogP contribution in [0.2, 0.25) is 0 Å². The summed E-state index contributed by atoms with van der Waals surface area (Å²) in [6, 6.07) is 54.2. The van der Waals surface area contributed by atoms with Gasteiger partial charge in [0.05, 0.1) is 0 Å². The van der Waals surface area contributed by atoms with E-state index in [9.17, 15) is 4.89 Å². The van der Waals surface area contributed by atoms with E-state index in [1.165, 1.54) is 9.21 Å². The van der Waals surface area contributed by atoms with Crippen LogP contribution in [0.3, 0.4) is 0 Å². The lowest BCUT2D eigenvalue weighted by molar-refractivity contribution is 0.0213. The highest BCUT2D eigenvalue weighted by molar-refractivity contribution is 7.83. The predicted molar refractivity (Wildman–Crippen MR) is 192 cm³/mol. The Bertz CT molecular complexity index is 1930. The van der Waals surface area contributed by atoms with Crippen molar-refractivity contribution in [2.24, 2.45) is 4.52 Å². The Labute approximate surface area is 286 Å². The van der Waals surface area contributed by atoms with Gasteiger partial charge in [-0.2, -0.15) is 4.89 Å². The highest BCUT2D eigenvalue weighted by Crippen LogP contribution is 2.84. The van der Waals surface area contributed by atoms with Gasteiger partial charge in [0, 0.05) is 0 Å². The molecule has 0 radical (unpaired) electrons. The minimum atomic E-state index is -4.39. The molecular weight excluding hydrogens is 679 g/mol. The predicted octanol–water partition coefficient (Wildman–Crippen LogP) is 10.8. The van der Waals surface area contributed by atoms with Crippen molar-refractivity contribution in [1.29, 1.82) is 0 Å². The molecule has 2 unspecified atom stereocenters. The largest absolute Gasteiger partial charge is 0.568 e. The van der Waals surface area contributed by atoms with Crippen LogP contribution in [0.25, 0.3) is 0 Å². The summed E-state index contributed by atoms with van der Waals surface area (Å²) < 4.78 is 34.4. The molecule has 13 heteroatoms. The minimum absolute atomic E-state index is 0.329. The molecule has 7 rings (SSSR count). The maximum atomic E-state index is 13.3. The van der Waals surface area contributed by atoms with Crippen molar-refractivity contribution in [3.63, 3.8) is 0 Å². The van der Waals surface area contributed by atoms with E-state index in [-0.39, 0.29) is 0 Å². The standard InChI is InChI=1S/C36H31N3O7P3/c40-49(46-36-29-17-6-18-30-36)38(41-31-19-7-1-8-20-31)47(43-33-23-11-3-12-24-33)37-48(44-34-25-13-4-14-26-34,45-35-27-15-5-16-28-35)39(49)42-32-21-9-2-10-22-32/h1-30,40H/q+1. The molecule has 0 aromatic heterocycles. The van der Waals surface area contributed by atoms with Crippen molar-refractivity contribution >= 4 is 24.1 Å². The van der Waals surface area contributed by atoms with Crippen molar-refractivity contribution in [3.8, 4) is 34.5 Å². The van der Waals surface area contributed by atoms with Gasteiger partial charge in [-0.1, -0.05) is 109 Å². The molecular formula is C36H31N3O7P3+. The molecule has 0 bridgehead atoms. The Balaban J connectivity index is 1.50. The number of para-hydroxylation sites is 6. The Hall–Kier alpha value is -4.91. The molecule has 1 heterocycles. The Morgan fingerprint density at radius 1 is 0.469 bits per heavy atom. The third-order valence-electron chi connectivity index (χ3n) is 6.69. The first-order valence-corrected chi connectivity index (χ1v) is 19.4. The van der Waals surface area contributed by atoms with E-state index in [4.69, 9.17) is 32.3 Å². The summed E-state index contributed by atoms with van der Waals surface area (Å²) in [6.07, 6.45) is 0. The first kappa shape index (κ1) is 32.6. The topological polar surface area (TPSA) is 94.5 Å². The van der Waals surface area contributed by atoms with Gasteiger partial charge in [0.25, 0.3) is 0 Å². The van der Waals surface area contributed by atoms with Gasteiger partial charge in [0.2, 0.25) is 0 Å². The van der Waals surface area contributed by atoms with E-state index >= 15 is 0 Å².